The van der Waals surface area contributed by atoms with Crippen LogP contribution in [0.4, 0.5) is 4.79 Å². The average Bonchev–Trinajstić information content (AvgIpc) is 3.21. The zero-order chi connectivity index (χ0) is 29.8. The maximum absolute atomic E-state index is 14.1. The molecule has 1 heterocycles. The van der Waals surface area contributed by atoms with Gasteiger partial charge in [0.25, 0.3) is 5.91 Å². The van der Waals surface area contributed by atoms with Gasteiger partial charge >= 0.3 is 6.03 Å². The fourth-order valence-electron chi connectivity index (χ4n) is 5.90. The van der Waals surface area contributed by atoms with Crippen molar-refractivity contribution in [2.75, 3.05) is 13.1 Å². The summed E-state index contributed by atoms with van der Waals surface area (Å²) in [5, 5.41) is 10.9. The average molecular weight is 601 g/mol. The highest BCUT2D eigenvalue weighted by atomic mass is 35.5. The van der Waals surface area contributed by atoms with Crippen molar-refractivity contribution < 1.29 is 24.0 Å². The minimum absolute atomic E-state index is 0.0765. The Morgan fingerprint density at radius 3 is 2.30 bits per heavy atom. The Hall–Kier alpha value is -2.33. The lowest BCUT2D eigenvalue weighted by Crippen LogP contribution is -2.61. The van der Waals surface area contributed by atoms with E-state index in [1.165, 1.54) is 11.0 Å². The quantitative estimate of drug-likeness (QED) is 0.164. The van der Waals surface area contributed by atoms with Crippen LogP contribution >= 0.6 is 23.2 Å². The molecule has 5 amide bonds. The molecule has 1 unspecified atom stereocenters. The number of nitrogens with zero attached hydrogens (tertiary/aromatic N) is 1. The number of likely N-dealkylation sites (tertiary alicyclic amines) is 1. The zero-order valence-corrected chi connectivity index (χ0v) is 25.4. The fraction of sp³-hybridized carbons (Fsp3) is 0.750. The third kappa shape index (κ3) is 7.49. The molecule has 0 aromatic rings. The number of fused-ring (bicyclic) bond motifs is 1. The number of alkyl halides is 2. The van der Waals surface area contributed by atoms with Crippen molar-refractivity contribution in [2.24, 2.45) is 17.8 Å². The van der Waals surface area contributed by atoms with Gasteiger partial charge in [-0.25, -0.2) is 4.79 Å². The summed E-state index contributed by atoms with van der Waals surface area (Å²) in [5.41, 5.74) is -0.502. The predicted octanol–water partition coefficient (Wildman–Crippen LogP) is 2.82. The van der Waals surface area contributed by atoms with Gasteiger partial charge < -0.3 is 26.2 Å². The van der Waals surface area contributed by atoms with Crippen molar-refractivity contribution in [3.63, 3.8) is 0 Å². The molecule has 2 saturated carbocycles. The Bertz CT molecular complexity index is 1010. The van der Waals surface area contributed by atoms with Crippen LogP contribution < -0.4 is 21.3 Å². The molecule has 5 atom stereocenters. The molecule has 0 spiro atoms. The lowest BCUT2D eigenvalue weighted by molar-refractivity contribution is -0.144. The fourth-order valence-corrected chi connectivity index (χ4v) is 6.73. The first-order valence-corrected chi connectivity index (χ1v) is 15.0. The van der Waals surface area contributed by atoms with Crippen LogP contribution in [0, 0.1) is 17.8 Å². The highest BCUT2D eigenvalue weighted by Crippen LogP contribution is 2.65. The molecule has 2 aliphatic carbocycles. The Labute approximate surface area is 246 Å². The van der Waals surface area contributed by atoms with Crippen molar-refractivity contribution in [1.29, 1.82) is 0 Å². The van der Waals surface area contributed by atoms with Gasteiger partial charge in [0.15, 0.2) is 0 Å². The van der Waals surface area contributed by atoms with Crippen LogP contribution in [0.25, 0.3) is 0 Å². The first-order chi connectivity index (χ1) is 18.7. The molecule has 0 aromatic heterocycles. The van der Waals surface area contributed by atoms with E-state index in [1.54, 1.807) is 0 Å². The maximum atomic E-state index is 14.1. The van der Waals surface area contributed by atoms with Crippen molar-refractivity contribution >= 4 is 52.7 Å². The second kappa shape index (κ2) is 13.1. The zero-order valence-electron chi connectivity index (χ0n) is 23.9. The normalized spacial score (nSPS) is 25.1. The molecule has 10 nitrogen and oxygen atoms in total. The number of piperidine rings is 1. The van der Waals surface area contributed by atoms with E-state index in [2.05, 4.69) is 27.8 Å². The predicted molar refractivity (Wildman–Crippen MR) is 154 cm³/mol. The Morgan fingerprint density at radius 2 is 1.73 bits per heavy atom. The van der Waals surface area contributed by atoms with Crippen molar-refractivity contribution in [2.45, 2.75) is 101 Å². The third-order valence-corrected chi connectivity index (χ3v) is 8.95. The molecule has 0 radical (unpaired) electrons. The number of urea groups is 1. The SMILES string of the molecule is C=CCNC(=O)C(=O)C(CCC)NC(=O)[C@@H]1[C@@H]2[C@H](CN1C(=O)[C@@H](NC(=O)NC(C)(C)C)C1CCCCC1)C2(Cl)Cl. The van der Waals surface area contributed by atoms with Crippen LogP contribution in [0.1, 0.15) is 72.6 Å². The lowest BCUT2D eigenvalue weighted by Gasteiger charge is -2.37. The van der Waals surface area contributed by atoms with E-state index in [0.29, 0.717) is 6.42 Å². The molecule has 12 heteroatoms. The number of halogens is 2. The standard InChI is InChI=1S/C28H43Cl2N5O5/c1-6-11-18(22(36)24(38)31-14-7-2)32-23(37)21-19-17(28(19,29)30)15-35(21)25(39)20(16-12-9-8-10-13-16)33-26(40)34-27(3,4)5/h7,16-21H,2,6,8-15H2,1,3-5H3,(H,31,38)(H,32,37)(H2,33,34,40)/t17-,18?,19-,20-,21-/m0/s1. The summed E-state index contributed by atoms with van der Waals surface area (Å²) in [4.78, 5) is 67.2. The number of ketones is 1. The molecule has 3 fully saturated rings. The van der Waals surface area contributed by atoms with Gasteiger partial charge in [0.05, 0.1) is 6.04 Å². The van der Waals surface area contributed by atoms with Crippen LogP contribution in [0.15, 0.2) is 12.7 Å². The minimum Gasteiger partial charge on any atom is -0.346 e. The Balaban J connectivity index is 1.83. The number of carbonyl (C=O) groups is 5. The summed E-state index contributed by atoms with van der Waals surface area (Å²) in [7, 11) is 0. The molecule has 1 saturated heterocycles. The smallest absolute Gasteiger partial charge is 0.315 e. The van der Waals surface area contributed by atoms with Crippen molar-refractivity contribution in [3.05, 3.63) is 12.7 Å². The number of hydrogen-bond acceptors (Lipinski definition) is 5. The van der Waals surface area contributed by atoms with E-state index < -0.39 is 57.5 Å². The van der Waals surface area contributed by atoms with E-state index in [9.17, 15) is 24.0 Å². The largest absolute Gasteiger partial charge is 0.346 e. The molecule has 0 bridgehead atoms. The number of carbonyl (C=O) groups excluding carboxylic acids is 5. The van der Waals surface area contributed by atoms with Gasteiger partial charge in [-0.2, -0.15) is 0 Å². The molecule has 3 aliphatic rings. The van der Waals surface area contributed by atoms with Gasteiger partial charge in [-0.1, -0.05) is 38.7 Å². The summed E-state index contributed by atoms with van der Waals surface area (Å²) in [6.45, 7) is 11.2. The van der Waals surface area contributed by atoms with Crippen LogP contribution in [0.2, 0.25) is 0 Å². The van der Waals surface area contributed by atoms with E-state index in [4.69, 9.17) is 23.2 Å². The number of rotatable bonds is 11. The molecule has 3 rings (SSSR count). The number of hydrogen-bond donors (Lipinski definition) is 4. The first-order valence-electron chi connectivity index (χ1n) is 14.2. The topological polar surface area (TPSA) is 137 Å². The molecule has 224 valence electrons. The summed E-state index contributed by atoms with van der Waals surface area (Å²) < 4.78 is -1.18. The van der Waals surface area contributed by atoms with E-state index in [-0.39, 0.29) is 37.3 Å². The van der Waals surface area contributed by atoms with E-state index >= 15 is 0 Å². The van der Waals surface area contributed by atoms with Gasteiger partial charge in [0.1, 0.15) is 16.4 Å². The monoisotopic (exact) mass is 599 g/mol. The third-order valence-electron chi connectivity index (χ3n) is 7.89. The van der Waals surface area contributed by atoms with Gasteiger partial charge in [-0.15, -0.1) is 29.8 Å². The van der Waals surface area contributed by atoms with Gasteiger partial charge in [0.2, 0.25) is 17.6 Å². The molecule has 1 aliphatic heterocycles. The van der Waals surface area contributed by atoms with E-state index in [0.717, 1.165) is 32.1 Å². The summed E-state index contributed by atoms with van der Waals surface area (Å²) in [5.74, 6) is -3.47. The van der Waals surface area contributed by atoms with Crippen LogP contribution in [-0.2, 0) is 19.2 Å². The molecule has 40 heavy (non-hydrogen) atoms. The summed E-state index contributed by atoms with van der Waals surface area (Å²) in [6, 6.07) is -3.38. The molecular formula is C28H43Cl2N5O5. The van der Waals surface area contributed by atoms with Crippen LogP contribution in [-0.4, -0.2) is 75.5 Å². The van der Waals surface area contributed by atoms with Gasteiger partial charge in [-0.05, 0) is 46.0 Å². The number of Topliss-reactive ketones (excluding diaryl/α,β-unsaturated/α-hetero) is 1. The first kappa shape index (κ1) is 32.2. The van der Waals surface area contributed by atoms with Crippen LogP contribution in [0.5, 0.6) is 0 Å². The Morgan fingerprint density at radius 1 is 1.07 bits per heavy atom. The Kier molecular flexibility index (Phi) is 10.5. The highest BCUT2D eigenvalue weighted by Gasteiger charge is 2.74. The molecule has 0 aromatic carbocycles. The molecular weight excluding hydrogens is 557 g/mol. The second-order valence-corrected chi connectivity index (χ2v) is 13.6. The number of amides is 5. The lowest BCUT2D eigenvalue weighted by atomic mass is 9.83. The number of nitrogens with one attached hydrogen (secondary N) is 4. The summed E-state index contributed by atoms with van der Waals surface area (Å²) >= 11 is 13.0. The van der Waals surface area contributed by atoms with E-state index in [1.807, 2.05) is 27.7 Å². The minimum atomic E-state index is -1.18. The van der Waals surface area contributed by atoms with Crippen LogP contribution in [0.3, 0.4) is 0 Å². The highest BCUT2D eigenvalue weighted by molar-refractivity contribution is 6.51. The van der Waals surface area contributed by atoms with Gasteiger partial charge in [0, 0.05) is 30.5 Å². The van der Waals surface area contributed by atoms with Gasteiger partial charge in [-0.3, -0.25) is 19.2 Å². The summed E-state index contributed by atoms with van der Waals surface area (Å²) in [6.07, 6.45) is 6.77. The van der Waals surface area contributed by atoms with Crippen molar-refractivity contribution in [3.8, 4) is 0 Å². The second-order valence-electron chi connectivity index (χ2n) is 12.2. The maximum Gasteiger partial charge on any atom is 0.315 e. The molecule has 4 N–H and O–H groups in total. The van der Waals surface area contributed by atoms with Crippen molar-refractivity contribution in [1.82, 2.24) is 26.2 Å².